The van der Waals surface area contributed by atoms with Crippen LogP contribution in [0.15, 0.2) is 16.9 Å². The molecule has 0 atom stereocenters. The monoisotopic (exact) mass is 266 g/mol. The summed E-state index contributed by atoms with van der Waals surface area (Å²) in [5, 5.41) is 7.50. The van der Waals surface area contributed by atoms with E-state index in [-0.39, 0.29) is 0 Å². The molecule has 18 heavy (non-hydrogen) atoms. The second-order valence-electron chi connectivity index (χ2n) is 4.06. The molecule has 1 N–H and O–H groups in total. The summed E-state index contributed by atoms with van der Waals surface area (Å²) in [6.07, 6.45) is 5.07. The Morgan fingerprint density at radius 3 is 2.83 bits per heavy atom. The highest BCUT2D eigenvalue weighted by Gasteiger charge is 2.07. The molecule has 0 fully saturated rings. The van der Waals surface area contributed by atoms with Crippen LogP contribution in [-0.4, -0.2) is 21.7 Å². The van der Waals surface area contributed by atoms with Crippen molar-refractivity contribution < 1.29 is 4.52 Å². The van der Waals surface area contributed by atoms with Gasteiger partial charge in [-0.15, -0.1) is 0 Å². The molecule has 2 heterocycles. The zero-order valence-electron chi connectivity index (χ0n) is 10.4. The van der Waals surface area contributed by atoms with E-state index in [0.29, 0.717) is 11.0 Å². The highest BCUT2D eigenvalue weighted by atomic mass is 35.5. The molecule has 0 aliphatic rings. The molecular weight excluding hydrogens is 252 g/mol. The first kappa shape index (κ1) is 12.8. The summed E-state index contributed by atoms with van der Waals surface area (Å²) < 4.78 is 5.12. The molecule has 0 aliphatic heterocycles. The van der Waals surface area contributed by atoms with E-state index in [1.54, 1.807) is 6.20 Å². The molecule has 0 amide bonds. The molecule has 5 nitrogen and oxygen atoms in total. The second kappa shape index (κ2) is 5.82. The minimum atomic E-state index is 0.394. The number of hydrogen-bond acceptors (Lipinski definition) is 5. The van der Waals surface area contributed by atoms with Crippen molar-refractivity contribution in [3.05, 3.63) is 34.6 Å². The van der Waals surface area contributed by atoms with Gasteiger partial charge in [-0.3, -0.25) is 4.98 Å². The minimum Gasteiger partial charge on any atom is -0.369 e. The average molecular weight is 267 g/mol. The van der Waals surface area contributed by atoms with Crippen LogP contribution in [0, 0.1) is 13.8 Å². The molecule has 2 aromatic heterocycles. The van der Waals surface area contributed by atoms with Gasteiger partial charge >= 0.3 is 0 Å². The lowest BCUT2D eigenvalue weighted by Gasteiger charge is -2.04. The Hall–Kier alpha value is -1.62. The smallest absolute Gasteiger partial charge is 0.149 e. The van der Waals surface area contributed by atoms with E-state index >= 15 is 0 Å². The number of hydrogen-bond donors (Lipinski definition) is 1. The van der Waals surface area contributed by atoms with E-state index in [2.05, 4.69) is 20.4 Å². The van der Waals surface area contributed by atoms with Crippen LogP contribution in [0.3, 0.4) is 0 Å². The van der Waals surface area contributed by atoms with Crippen molar-refractivity contribution in [1.29, 1.82) is 0 Å². The highest BCUT2D eigenvalue weighted by Crippen LogP contribution is 2.14. The third-order valence-electron chi connectivity index (χ3n) is 2.70. The predicted octanol–water partition coefficient (Wildman–Crippen LogP) is 2.78. The first-order valence-corrected chi connectivity index (χ1v) is 6.18. The molecule has 2 aromatic rings. The summed E-state index contributed by atoms with van der Waals surface area (Å²) >= 11 is 5.75. The Balaban J connectivity index is 1.80. The third-order valence-corrected chi connectivity index (χ3v) is 2.88. The average Bonchev–Trinajstić information content (AvgIpc) is 2.66. The van der Waals surface area contributed by atoms with E-state index in [9.17, 15) is 0 Å². The number of aromatic nitrogens is 3. The Morgan fingerprint density at radius 2 is 2.17 bits per heavy atom. The maximum Gasteiger partial charge on any atom is 0.149 e. The third kappa shape index (κ3) is 3.20. The number of nitrogens with zero attached hydrogens (tertiary/aromatic N) is 3. The lowest BCUT2D eigenvalue weighted by atomic mass is 10.1. The Kier molecular flexibility index (Phi) is 4.15. The topological polar surface area (TPSA) is 63.8 Å². The van der Waals surface area contributed by atoms with Crippen molar-refractivity contribution in [3.8, 4) is 0 Å². The van der Waals surface area contributed by atoms with Gasteiger partial charge in [-0.1, -0.05) is 16.8 Å². The number of aryl methyl sites for hydroxylation is 2. The summed E-state index contributed by atoms with van der Waals surface area (Å²) in [7, 11) is 0. The van der Waals surface area contributed by atoms with Crippen LogP contribution in [-0.2, 0) is 6.42 Å². The van der Waals surface area contributed by atoms with E-state index in [1.165, 1.54) is 11.8 Å². The first-order chi connectivity index (χ1) is 8.66. The van der Waals surface area contributed by atoms with Gasteiger partial charge in [-0.25, -0.2) is 4.98 Å². The number of rotatable bonds is 5. The zero-order valence-corrected chi connectivity index (χ0v) is 11.2. The van der Waals surface area contributed by atoms with Crippen LogP contribution < -0.4 is 5.32 Å². The van der Waals surface area contributed by atoms with Gasteiger partial charge in [0.05, 0.1) is 18.1 Å². The van der Waals surface area contributed by atoms with Gasteiger partial charge in [0.25, 0.3) is 0 Å². The number of halogens is 1. The van der Waals surface area contributed by atoms with Gasteiger partial charge in [-0.05, 0) is 26.7 Å². The summed E-state index contributed by atoms with van der Waals surface area (Å²) in [6.45, 7) is 4.70. The van der Waals surface area contributed by atoms with Crippen LogP contribution in [0.4, 0.5) is 5.82 Å². The van der Waals surface area contributed by atoms with E-state index < -0.39 is 0 Å². The normalized spacial score (nSPS) is 10.6. The number of anilines is 1. The molecule has 0 saturated heterocycles. The fraction of sp³-hybridized carbons (Fsp3) is 0.417. The van der Waals surface area contributed by atoms with Crippen molar-refractivity contribution in [2.75, 3.05) is 11.9 Å². The van der Waals surface area contributed by atoms with Gasteiger partial charge in [0.1, 0.15) is 16.7 Å². The van der Waals surface area contributed by atoms with Gasteiger partial charge in [0.2, 0.25) is 0 Å². The van der Waals surface area contributed by atoms with Gasteiger partial charge in [0.15, 0.2) is 0 Å². The largest absolute Gasteiger partial charge is 0.369 e. The molecule has 0 spiro atoms. The lowest BCUT2D eigenvalue weighted by molar-refractivity contribution is 0.392. The van der Waals surface area contributed by atoms with Crippen LogP contribution in [0.25, 0.3) is 0 Å². The Morgan fingerprint density at radius 1 is 1.33 bits per heavy atom. The highest BCUT2D eigenvalue weighted by molar-refractivity contribution is 6.29. The maximum absolute atomic E-state index is 5.75. The second-order valence-corrected chi connectivity index (χ2v) is 4.45. The summed E-state index contributed by atoms with van der Waals surface area (Å²) in [4.78, 5) is 8.06. The van der Waals surface area contributed by atoms with E-state index in [4.69, 9.17) is 16.1 Å². The molecule has 0 aliphatic carbocycles. The zero-order chi connectivity index (χ0) is 13.0. The molecule has 0 radical (unpaired) electrons. The SMILES string of the molecule is Cc1noc(C)c1CCCNc1cncc(Cl)n1. The molecule has 0 unspecified atom stereocenters. The molecule has 2 rings (SSSR count). The lowest BCUT2D eigenvalue weighted by Crippen LogP contribution is -2.05. The summed E-state index contributed by atoms with van der Waals surface area (Å²) in [5.41, 5.74) is 2.16. The minimum absolute atomic E-state index is 0.394. The van der Waals surface area contributed by atoms with E-state index in [1.807, 2.05) is 13.8 Å². The Labute approximate surface area is 111 Å². The van der Waals surface area contributed by atoms with Crippen molar-refractivity contribution in [2.45, 2.75) is 26.7 Å². The fourth-order valence-electron chi connectivity index (χ4n) is 1.77. The van der Waals surface area contributed by atoms with Crippen molar-refractivity contribution in [1.82, 2.24) is 15.1 Å². The molecule has 0 saturated carbocycles. The quantitative estimate of drug-likeness (QED) is 0.843. The molecule has 0 bridgehead atoms. The predicted molar refractivity (Wildman–Crippen MR) is 69.8 cm³/mol. The van der Waals surface area contributed by atoms with Crippen LogP contribution in [0.1, 0.15) is 23.4 Å². The fourth-order valence-corrected chi connectivity index (χ4v) is 1.92. The maximum atomic E-state index is 5.75. The van der Waals surface area contributed by atoms with E-state index in [0.717, 1.165) is 30.8 Å². The standard InChI is InChI=1S/C12H15ClN4O/c1-8-10(9(2)18-17-8)4-3-5-15-12-7-14-6-11(13)16-12/h6-7H,3-5H2,1-2H3,(H,15,16). The molecule has 96 valence electrons. The molecular formula is C12H15ClN4O. The van der Waals surface area contributed by atoms with Crippen LogP contribution in [0.2, 0.25) is 5.15 Å². The molecule has 6 heteroatoms. The van der Waals surface area contributed by atoms with Crippen LogP contribution >= 0.6 is 11.6 Å². The summed E-state index contributed by atoms with van der Waals surface area (Å²) in [6, 6.07) is 0. The molecule has 0 aromatic carbocycles. The first-order valence-electron chi connectivity index (χ1n) is 5.80. The summed E-state index contributed by atoms with van der Waals surface area (Å²) in [5.74, 6) is 1.59. The van der Waals surface area contributed by atoms with Crippen molar-refractivity contribution in [3.63, 3.8) is 0 Å². The Bertz CT molecular complexity index is 507. The number of nitrogens with one attached hydrogen (secondary N) is 1. The van der Waals surface area contributed by atoms with Gasteiger partial charge in [0, 0.05) is 12.1 Å². The van der Waals surface area contributed by atoms with Crippen molar-refractivity contribution >= 4 is 17.4 Å². The van der Waals surface area contributed by atoms with Crippen LogP contribution in [0.5, 0.6) is 0 Å². The van der Waals surface area contributed by atoms with Gasteiger partial charge in [-0.2, -0.15) is 0 Å². The van der Waals surface area contributed by atoms with Gasteiger partial charge < -0.3 is 9.84 Å². The van der Waals surface area contributed by atoms with Crippen molar-refractivity contribution in [2.24, 2.45) is 0 Å².